The van der Waals surface area contributed by atoms with E-state index >= 15 is 0 Å². The lowest BCUT2D eigenvalue weighted by Crippen LogP contribution is -2.45. The molecule has 2 heteroatoms. The van der Waals surface area contributed by atoms with Crippen LogP contribution >= 0.6 is 0 Å². The Balaban J connectivity index is 1.84. The summed E-state index contributed by atoms with van der Waals surface area (Å²) in [5.74, 6) is 0. The van der Waals surface area contributed by atoms with E-state index in [1.807, 2.05) is 18.2 Å². The Labute approximate surface area is 96.9 Å². The summed E-state index contributed by atoms with van der Waals surface area (Å²) in [5.41, 5.74) is 0.522. The first kappa shape index (κ1) is 10.3. The van der Waals surface area contributed by atoms with Gasteiger partial charge in [0.1, 0.15) is 0 Å². The summed E-state index contributed by atoms with van der Waals surface area (Å²) in [6.45, 7) is 2.28. The maximum absolute atomic E-state index is 10.8. The number of fused-ring (bicyclic) bond motifs is 1. The molecule has 2 nitrogen and oxygen atoms in total. The zero-order valence-corrected chi connectivity index (χ0v) is 9.60. The summed E-state index contributed by atoms with van der Waals surface area (Å²) < 4.78 is 0. The molecule has 2 atom stereocenters. The van der Waals surface area contributed by atoms with Gasteiger partial charge < -0.3 is 10.0 Å². The lowest BCUT2D eigenvalue weighted by molar-refractivity contribution is -0.0408. The Hall–Kier alpha value is -0.860. The lowest BCUT2D eigenvalue weighted by atomic mass is 9.81. The van der Waals surface area contributed by atoms with Gasteiger partial charge in [0, 0.05) is 12.6 Å². The molecule has 2 aliphatic heterocycles. The Morgan fingerprint density at radius 3 is 2.81 bits per heavy atom. The molecule has 0 aromatic heterocycles. The van der Waals surface area contributed by atoms with E-state index in [4.69, 9.17) is 0 Å². The van der Waals surface area contributed by atoms with Crippen molar-refractivity contribution in [2.75, 3.05) is 13.1 Å². The van der Waals surface area contributed by atoms with E-state index < -0.39 is 5.60 Å². The van der Waals surface area contributed by atoms with Crippen molar-refractivity contribution in [2.45, 2.75) is 37.3 Å². The van der Waals surface area contributed by atoms with Gasteiger partial charge in [-0.05, 0) is 37.8 Å². The van der Waals surface area contributed by atoms with Gasteiger partial charge >= 0.3 is 0 Å². The van der Waals surface area contributed by atoms with Crippen molar-refractivity contribution in [1.82, 2.24) is 4.90 Å². The summed E-state index contributed by atoms with van der Waals surface area (Å²) in [6.07, 6.45) is 4.36. The molecular weight excluding hydrogens is 198 g/mol. The maximum atomic E-state index is 10.8. The lowest BCUT2D eigenvalue weighted by Gasteiger charge is -2.41. The average molecular weight is 217 g/mol. The molecule has 2 aliphatic rings. The van der Waals surface area contributed by atoms with Gasteiger partial charge in [-0.25, -0.2) is 0 Å². The summed E-state index contributed by atoms with van der Waals surface area (Å²) in [7, 11) is 0. The molecule has 1 aromatic rings. The van der Waals surface area contributed by atoms with Crippen LogP contribution in [0.5, 0.6) is 0 Å². The largest absolute Gasteiger partial charge is 0.385 e. The second kappa shape index (κ2) is 3.86. The van der Waals surface area contributed by atoms with Gasteiger partial charge in [0.15, 0.2) is 0 Å². The summed E-state index contributed by atoms with van der Waals surface area (Å²) in [5, 5.41) is 10.8. The molecule has 3 rings (SSSR count). The third-order valence-electron chi connectivity index (χ3n) is 4.20. The van der Waals surface area contributed by atoms with Crippen molar-refractivity contribution in [2.24, 2.45) is 0 Å². The normalized spacial score (nSPS) is 34.9. The molecule has 0 amide bonds. The van der Waals surface area contributed by atoms with Crippen LogP contribution in [-0.2, 0) is 5.60 Å². The molecule has 16 heavy (non-hydrogen) atoms. The zero-order valence-electron chi connectivity index (χ0n) is 9.60. The molecule has 2 heterocycles. The van der Waals surface area contributed by atoms with E-state index in [1.54, 1.807) is 0 Å². The van der Waals surface area contributed by atoms with E-state index in [2.05, 4.69) is 17.0 Å². The minimum absolute atomic E-state index is 0.577. The first-order valence-electron chi connectivity index (χ1n) is 6.30. The number of piperidine rings is 1. The van der Waals surface area contributed by atoms with Gasteiger partial charge in [-0.1, -0.05) is 30.3 Å². The summed E-state index contributed by atoms with van der Waals surface area (Å²) in [4.78, 5) is 2.54. The van der Waals surface area contributed by atoms with Gasteiger partial charge in [0.2, 0.25) is 0 Å². The molecule has 0 bridgehead atoms. The van der Waals surface area contributed by atoms with Crippen molar-refractivity contribution >= 4 is 0 Å². The molecule has 0 aliphatic carbocycles. The third-order valence-corrected chi connectivity index (χ3v) is 4.20. The standard InChI is InChI=1S/C14H19NO/c16-14(12-5-2-1-3-6-12)8-10-15-9-4-7-13(15)11-14/h1-3,5-6,13,16H,4,7-11H2. The van der Waals surface area contributed by atoms with Crippen molar-refractivity contribution < 1.29 is 5.11 Å². The number of aliphatic hydroxyl groups is 1. The Morgan fingerprint density at radius 2 is 2.00 bits per heavy atom. The van der Waals surface area contributed by atoms with E-state index in [1.165, 1.54) is 19.4 Å². The minimum Gasteiger partial charge on any atom is -0.385 e. The SMILES string of the molecule is OC1(c2ccccc2)CCN2CCCC2C1. The predicted molar refractivity (Wildman–Crippen MR) is 64.2 cm³/mol. The van der Waals surface area contributed by atoms with Gasteiger partial charge in [-0.3, -0.25) is 0 Å². The molecule has 0 radical (unpaired) electrons. The van der Waals surface area contributed by atoms with E-state index in [-0.39, 0.29) is 0 Å². The fraction of sp³-hybridized carbons (Fsp3) is 0.571. The van der Waals surface area contributed by atoms with Gasteiger partial charge in [-0.2, -0.15) is 0 Å². The van der Waals surface area contributed by atoms with Crippen LogP contribution in [0.4, 0.5) is 0 Å². The highest BCUT2D eigenvalue weighted by molar-refractivity contribution is 5.23. The molecule has 1 aromatic carbocycles. The Kier molecular flexibility index (Phi) is 2.49. The number of rotatable bonds is 1. The Bertz CT molecular complexity index is 364. The zero-order chi connectivity index (χ0) is 11.0. The van der Waals surface area contributed by atoms with Gasteiger partial charge in [-0.15, -0.1) is 0 Å². The van der Waals surface area contributed by atoms with E-state index in [0.717, 1.165) is 24.9 Å². The molecular formula is C14H19NO. The molecule has 2 saturated heterocycles. The van der Waals surface area contributed by atoms with Gasteiger partial charge in [0.25, 0.3) is 0 Å². The van der Waals surface area contributed by atoms with Crippen LogP contribution in [0.15, 0.2) is 30.3 Å². The number of nitrogens with zero attached hydrogens (tertiary/aromatic N) is 1. The molecule has 2 fully saturated rings. The van der Waals surface area contributed by atoms with Crippen LogP contribution in [0.25, 0.3) is 0 Å². The highest BCUT2D eigenvalue weighted by Crippen LogP contribution is 2.39. The highest BCUT2D eigenvalue weighted by atomic mass is 16.3. The number of hydrogen-bond acceptors (Lipinski definition) is 2. The van der Waals surface area contributed by atoms with Crippen LogP contribution in [0.1, 0.15) is 31.2 Å². The monoisotopic (exact) mass is 217 g/mol. The number of benzene rings is 1. The molecule has 86 valence electrons. The van der Waals surface area contributed by atoms with Crippen LogP contribution in [-0.4, -0.2) is 29.1 Å². The summed E-state index contributed by atoms with van der Waals surface area (Å²) >= 11 is 0. The van der Waals surface area contributed by atoms with Crippen molar-refractivity contribution in [3.63, 3.8) is 0 Å². The van der Waals surface area contributed by atoms with Crippen LogP contribution in [0.3, 0.4) is 0 Å². The second-order valence-electron chi connectivity index (χ2n) is 5.18. The van der Waals surface area contributed by atoms with Crippen molar-refractivity contribution in [3.05, 3.63) is 35.9 Å². The van der Waals surface area contributed by atoms with E-state index in [0.29, 0.717) is 6.04 Å². The molecule has 0 saturated carbocycles. The molecule has 2 unspecified atom stereocenters. The average Bonchev–Trinajstić information content (AvgIpc) is 2.77. The predicted octanol–water partition coefficient (Wildman–Crippen LogP) is 2.13. The van der Waals surface area contributed by atoms with Crippen LogP contribution < -0.4 is 0 Å². The summed E-state index contributed by atoms with van der Waals surface area (Å²) in [6, 6.07) is 10.8. The maximum Gasteiger partial charge on any atom is 0.0923 e. The third kappa shape index (κ3) is 1.66. The fourth-order valence-corrected chi connectivity index (χ4v) is 3.25. The van der Waals surface area contributed by atoms with Crippen molar-refractivity contribution in [1.29, 1.82) is 0 Å². The fourth-order valence-electron chi connectivity index (χ4n) is 3.25. The smallest absolute Gasteiger partial charge is 0.0923 e. The molecule has 1 N–H and O–H groups in total. The van der Waals surface area contributed by atoms with E-state index in [9.17, 15) is 5.11 Å². The Morgan fingerprint density at radius 1 is 1.19 bits per heavy atom. The van der Waals surface area contributed by atoms with Gasteiger partial charge in [0.05, 0.1) is 5.60 Å². The topological polar surface area (TPSA) is 23.5 Å². The van der Waals surface area contributed by atoms with Crippen molar-refractivity contribution in [3.8, 4) is 0 Å². The first-order valence-corrected chi connectivity index (χ1v) is 6.30. The molecule has 0 spiro atoms. The quantitative estimate of drug-likeness (QED) is 0.779. The highest BCUT2D eigenvalue weighted by Gasteiger charge is 2.40. The minimum atomic E-state index is -0.577. The second-order valence-corrected chi connectivity index (χ2v) is 5.18. The first-order chi connectivity index (χ1) is 7.78. The van der Waals surface area contributed by atoms with Crippen LogP contribution in [0, 0.1) is 0 Å². The van der Waals surface area contributed by atoms with Crippen LogP contribution in [0.2, 0.25) is 0 Å². The number of hydrogen-bond donors (Lipinski definition) is 1.